The largest absolute Gasteiger partial charge is 0.492 e. The topological polar surface area (TPSA) is 73.0 Å². The van der Waals surface area contributed by atoms with Crippen molar-refractivity contribution in [1.82, 2.24) is 9.55 Å². The quantitative estimate of drug-likeness (QED) is 0.848. The fraction of sp³-hybridized carbons (Fsp3) is 0.278. The summed E-state index contributed by atoms with van der Waals surface area (Å²) in [5.74, 6) is -2.13. The van der Waals surface area contributed by atoms with Crippen LogP contribution >= 0.6 is 0 Å². The van der Waals surface area contributed by atoms with Crippen LogP contribution in [0.1, 0.15) is 19.4 Å². The summed E-state index contributed by atoms with van der Waals surface area (Å²) in [6, 6.07) is 4.22. The normalized spacial score (nSPS) is 16.3. The van der Waals surface area contributed by atoms with Gasteiger partial charge in [-0.15, -0.1) is 0 Å². The van der Waals surface area contributed by atoms with E-state index >= 15 is 0 Å². The molecule has 26 heavy (non-hydrogen) atoms. The van der Waals surface area contributed by atoms with Crippen LogP contribution in [0, 0.1) is 12.7 Å². The molecular weight excluding hydrogens is 347 g/mol. The van der Waals surface area contributed by atoms with Crippen LogP contribution < -0.4 is 22.1 Å². The van der Waals surface area contributed by atoms with Crippen molar-refractivity contribution in [2.45, 2.75) is 26.9 Å². The van der Waals surface area contributed by atoms with Gasteiger partial charge in [-0.3, -0.25) is 4.57 Å². The van der Waals surface area contributed by atoms with E-state index in [1.54, 1.807) is 13.0 Å². The minimum Gasteiger partial charge on any atom is -0.492 e. The second-order valence-corrected chi connectivity index (χ2v) is 5.34. The molecule has 1 aliphatic carbocycles. The van der Waals surface area contributed by atoms with Gasteiger partial charge in [-0.1, -0.05) is 19.9 Å². The summed E-state index contributed by atoms with van der Waals surface area (Å²) in [5.41, 5.74) is 4.84. The number of aryl methyl sites for hydroxylation is 1. The number of halogens is 3. The van der Waals surface area contributed by atoms with Crippen molar-refractivity contribution in [2.24, 2.45) is 5.73 Å². The Hall–Kier alpha value is -2.90. The van der Waals surface area contributed by atoms with Crippen LogP contribution in [-0.4, -0.2) is 22.8 Å². The third kappa shape index (κ3) is 3.14. The molecule has 0 spiro atoms. The molecule has 8 heteroatoms. The molecule has 0 bridgehead atoms. The van der Waals surface area contributed by atoms with Gasteiger partial charge in [0.25, 0.3) is 0 Å². The van der Waals surface area contributed by atoms with Gasteiger partial charge in [-0.25, -0.2) is 18.0 Å². The summed E-state index contributed by atoms with van der Waals surface area (Å²) < 4.78 is 48.2. The van der Waals surface area contributed by atoms with Crippen molar-refractivity contribution in [1.29, 1.82) is 0 Å². The van der Waals surface area contributed by atoms with Gasteiger partial charge < -0.3 is 15.5 Å². The highest BCUT2D eigenvalue weighted by molar-refractivity contribution is 5.61. The SMILES string of the molecule is CC.COC1=c2[nH]c(=O)n(-c3ccc(C)cc3F)c2=CC(F)C(F)=C1N. The molecule has 1 aromatic carbocycles. The lowest BCUT2D eigenvalue weighted by Crippen LogP contribution is -2.34. The van der Waals surface area contributed by atoms with Gasteiger partial charge in [0.1, 0.15) is 16.9 Å². The number of methoxy groups -OCH3 is 1. The number of aromatic amines is 1. The number of rotatable bonds is 2. The molecule has 3 rings (SSSR count). The van der Waals surface area contributed by atoms with Crippen LogP contribution in [0.2, 0.25) is 0 Å². The Balaban J connectivity index is 0.00000117. The Bertz CT molecular complexity index is 1030. The third-order valence-electron chi connectivity index (χ3n) is 3.76. The summed E-state index contributed by atoms with van der Waals surface area (Å²) in [7, 11) is 1.21. The number of allylic oxidation sites excluding steroid dienone is 1. The fourth-order valence-electron chi connectivity index (χ4n) is 2.63. The lowest BCUT2D eigenvalue weighted by atomic mass is 10.2. The molecule has 1 aliphatic rings. The maximum Gasteiger partial charge on any atom is 0.331 e. The number of nitrogens with two attached hydrogens (primary N) is 1. The number of hydrogen-bond donors (Lipinski definition) is 2. The van der Waals surface area contributed by atoms with Crippen LogP contribution in [0.15, 0.2) is 34.5 Å². The van der Waals surface area contributed by atoms with E-state index in [0.717, 1.165) is 10.6 Å². The van der Waals surface area contributed by atoms with Crippen molar-refractivity contribution in [3.8, 4) is 5.69 Å². The van der Waals surface area contributed by atoms with E-state index in [1.165, 1.54) is 19.2 Å². The zero-order valence-corrected chi connectivity index (χ0v) is 14.9. The first-order valence-electron chi connectivity index (χ1n) is 8.02. The van der Waals surface area contributed by atoms with Crippen molar-refractivity contribution in [3.05, 3.63) is 62.3 Å². The number of H-pyrrole nitrogens is 1. The summed E-state index contributed by atoms with van der Waals surface area (Å²) >= 11 is 0. The van der Waals surface area contributed by atoms with Crippen LogP contribution in [-0.2, 0) is 4.74 Å². The Morgan fingerprint density at radius 3 is 2.50 bits per heavy atom. The number of fused-ring (bicyclic) bond motifs is 1. The molecule has 0 radical (unpaired) electrons. The minimum absolute atomic E-state index is 0.0183. The second-order valence-electron chi connectivity index (χ2n) is 5.34. The number of benzene rings is 1. The fourth-order valence-corrected chi connectivity index (χ4v) is 2.63. The predicted molar refractivity (Wildman–Crippen MR) is 93.8 cm³/mol. The summed E-state index contributed by atoms with van der Waals surface area (Å²) in [6.07, 6.45) is -1.34. The van der Waals surface area contributed by atoms with Crippen molar-refractivity contribution < 1.29 is 17.9 Å². The number of imidazole rings is 1. The number of ether oxygens (including phenoxy) is 1. The van der Waals surface area contributed by atoms with Crippen molar-refractivity contribution in [3.63, 3.8) is 0 Å². The molecule has 0 saturated carbocycles. The molecular formula is C18H20F3N3O2. The Labute approximate surface area is 147 Å². The summed E-state index contributed by atoms with van der Waals surface area (Å²) in [4.78, 5) is 14.7. The molecule has 1 heterocycles. The summed E-state index contributed by atoms with van der Waals surface area (Å²) in [6.45, 7) is 5.69. The molecule has 1 atom stereocenters. The van der Waals surface area contributed by atoms with E-state index < -0.39 is 29.2 Å². The van der Waals surface area contributed by atoms with Crippen LogP contribution in [0.25, 0.3) is 17.5 Å². The average Bonchev–Trinajstić information content (AvgIpc) is 2.88. The van der Waals surface area contributed by atoms with E-state index in [1.807, 2.05) is 13.8 Å². The number of alkyl halides is 1. The zero-order valence-electron chi connectivity index (χ0n) is 14.9. The molecule has 0 fully saturated rings. The molecule has 0 aliphatic heterocycles. The molecule has 2 aromatic rings. The summed E-state index contributed by atoms with van der Waals surface area (Å²) in [5, 5.41) is -0.0852. The highest BCUT2D eigenvalue weighted by Crippen LogP contribution is 2.20. The molecule has 0 amide bonds. The van der Waals surface area contributed by atoms with Gasteiger partial charge in [0.05, 0.1) is 18.1 Å². The van der Waals surface area contributed by atoms with E-state index in [0.29, 0.717) is 5.56 Å². The number of aromatic nitrogens is 2. The Kier molecular flexibility index (Phi) is 5.64. The molecule has 3 N–H and O–H groups in total. The van der Waals surface area contributed by atoms with Gasteiger partial charge in [0, 0.05) is 0 Å². The minimum atomic E-state index is -2.19. The third-order valence-corrected chi connectivity index (χ3v) is 3.76. The van der Waals surface area contributed by atoms with Crippen LogP contribution in [0.4, 0.5) is 13.2 Å². The molecule has 0 saturated heterocycles. The van der Waals surface area contributed by atoms with Gasteiger partial charge in [-0.2, -0.15) is 0 Å². The highest BCUT2D eigenvalue weighted by Gasteiger charge is 2.24. The van der Waals surface area contributed by atoms with E-state index in [4.69, 9.17) is 10.5 Å². The van der Waals surface area contributed by atoms with Gasteiger partial charge in [0.15, 0.2) is 17.8 Å². The van der Waals surface area contributed by atoms with Gasteiger partial charge in [-0.05, 0) is 30.7 Å². The molecule has 5 nitrogen and oxygen atoms in total. The van der Waals surface area contributed by atoms with Crippen LogP contribution in [0.5, 0.6) is 0 Å². The molecule has 1 unspecified atom stereocenters. The monoisotopic (exact) mass is 367 g/mol. The number of nitrogens with one attached hydrogen (secondary N) is 1. The Morgan fingerprint density at radius 2 is 1.92 bits per heavy atom. The molecule has 140 valence electrons. The van der Waals surface area contributed by atoms with E-state index in [9.17, 15) is 18.0 Å². The Morgan fingerprint density at radius 1 is 1.27 bits per heavy atom. The number of hydrogen-bond acceptors (Lipinski definition) is 3. The van der Waals surface area contributed by atoms with Crippen molar-refractivity contribution >= 4 is 11.8 Å². The standard InChI is InChI=1S/C16H14F3N3O2.C2H6/c1-7-3-4-10(8(17)5-7)22-11-6-9(18)12(19)13(20)15(24-2)14(11)21-16(22)23;1-2/h3-6,9H,20H2,1-2H3,(H,21,23);1-2H3. The number of nitrogens with zero attached hydrogens (tertiary/aromatic N) is 1. The van der Waals surface area contributed by atoms with Gasteiger partial charge in [0.2, 0.25) is 0 Å². The average molecular weight is 367 g/mol. The second kappa shape index (κ2) is 7.55. The first kappa shape index (κ1) is 19.4. The van der Waals surface area contributed by atoms with E-state index in [-0.39, 0.29) is 22.1 Å². The molecule has 1 aromatic heterocycles. The van der Waals surface area contributed by atoms with Crippen LogP contribution in [0.3, 0.4) is 0 Å². The maximum absolute atomic E-state index is 14.3. The smallest absolute Gasteiger partial charge is 0.331 e. The zero-order chi connectivity index (χ0) is 19.6. The van der Waals surface area contributed by atoms with Gasteiger partial charge >= 0.3 is 5.69 Å². The van der Waals surface area contributed by atoms with Crippen molar-refractivity contribution in [2.75, 3.05) is 7.11 Å². The predicted octanol–water partition coefficient (Wildman–Crippen LogP) is 1.67. The highest BCUT2D eigenvalue weighted by atomic mass is 19.2. The lowest BCUT2D eigenvalue weighted by Gasteiger charge is -2.06. The van der Waals surface area contributed by atoms with E-state index in [2.05, 4.69) is 4.98 Å². The first-order valence-corrected chi connectivity index (χ1v) is 8.02. The lowest BCUT2D eigenvalue weighted by molar-refractivity contribution is 0.354. The maximum atomic E-state index is 14.3. The first-order chi connectivity index (χ1) is 12.3.